The summed E-state index contributed by atoms with van der Waals surface area (Å²) in [5, 5.41) is 0. The molecule has 0 heterocycles. The van der Waals surface area contributed by atoms with Crippen LogP contribution in [0.15, 0.2) is 22.7 Å². The fourth-order valence-electron chi connectivity index (χ4n) is 1.25. The Kier molecular flexibility index (Phi) is 5.05. The van der Waals surface area contributed by atoms with Gasteiger partial charge in [0, 0.05) is 13.5 Å². The minimum absolute atomic E-state index is 0.125. The number of carbonyl (C=O) groups is 1. The van der Waals surface area contributed by atoms with Gasteiger partial charge < -0.3 is 10.5 Å². The van der Waals surface area contributed by atoms with Crippen molar-refractivity contribution in [3.63, 3.8) is 0 Å². The molecule has 1 aromatic rings. The lowest BCUT2D eigenvalue weighted by atomic mass is 10.0. The first-order valence-corrected chi connectivity index (χ1v) is 5.55. The van der Waals surface area contributed by atoms with Gasteiger partial charge in [0.25, 0.3) is 0 Å². The largest absolute Gasteiger partial charge is 0.383 e. The molecule has 0 aliphatic rings. The summed E-state index contributed by atoms with van der Waals surface area (Å²) in [6, 6.07) is 3.83. The lowest BCUT2D eigenvalue weighted by molar-refractivity contribution is -0.120. The van der Waals surface area contributed by atoms with Crippen LogP contribution in [0.5, 0.6) is 0 Å². The number of ketones is 1. The van der Waals surface area contributed by atoms with E-state index in [-0.39, 0.29) is 24.6 Å². The van der Waals surface area contributed by atoms with Gasteiger partial charge in [-0.1, -0.05) is 6.07 Å². The number of carbonyl (C=O) groups excluding carboxylic acids is 1. The Morgan fingerprint density at radius 3 is 2.88 bits per heavy atom. The van der Waals surface area contributed by atoms with E-state index in [1.807, 2.05) is 0 Å². The van der Waals surface area contributed by atoms with Crippen molar-refractivity contribution in [1.29, 1.82) is 0 Å². The number of Topliss-reactive ketones (excluding diaryl/α,β-unsaturated/α-hetero) is 1. The van der Waals surface area contributed by atoms with Crippen molar-refractivity contribution in [3.8, 4) is 0 Å². The first-order chi connectivity index (χ1) is 7.54. The SMILES string of the molecule is COCC(N)C(=O)Cc1ccc(F)c(Br)c1. The van der Waals surface area contributed by atoms with Crippen LogP contribution >= 0.6 is 15.9 Å². The van der Waals surface area contributed by atoms with E-state index in [1.54, 1.807) is 12.1 Å². The van der Waals surface area contributed by atoms with Gasteiger partial charge in [-0.3, -0.25) is 4.79 Å². The van der Waals surface area contributed by atoms with Crippen molar-refractivity contribution in [2.24, 2.45) is 5.73 Å². The highest BCUT2D eigenvalue weighted by atomic mass is 79.9. The number of hydrogen-bond donors (Lipinski definition) is 1. The second-order valence-corrected chi connectivity index (χ2v) is 4.31. The molecule has 0 radical (unpaired) electrons. The summed E-state index contributed by atoms with van der Waals surface area (Å²) in [6.45, 7) is 0.196. The summed E-state index contributed by atoms with van der Waals surface area (Å²) in [5.74, 6) is -0.474. The fraction of sp³-hybridized carbons (Fsp3) is 0.364. The van der Waals surface area contributed by atoms with Gasteiger partial charge in [0.2, 0.25) is 0 Å². The molecule has 5 heteroatoms. The molecule has 1 aromatic carbocycles. The van der Waals surface area contributed by atoms with Crippen LogP contribution in [0.2, 0.25) is 0 Å². The highest BCUT2D eigenvalue weighted by Gasteiger charge is 2.14. The normalized spacial score (nSPS) is 12.5. The molecular formula is C11H13BrFNO2. The zero-order valence-electron chi connectivity index (χ0n) is 8.87. The Labute approximate surface area is 102 Å². The summed E-state index contributed by atoms with van der Waals surface area (Å²) in [6.07, 6.45) is 0.184. The molecule has 1 atom stereocenters. The van der Waals surface area contributed by atoms with Crippen molar-refractivity contribution in [2.45, 2.75) is 12.5 Å². The van der Waals surface area contributed by atoms with Gasteiger partial charge in [-0.25, -0.2) is 4.39 Å². The van der Waals surface area contributed by atoms with Gasteiger partial charge in [0.05, 0.1) is 17.1 Å². The molecular weight excluding hydrogens is 277 g/mol. The Morgan fingerprint density at radius 1 is 1.62 bits per heavy atom. The Bertz CT molecular complexity index is 384. The van der Waals surface area contributed by atoms with Gasteiger partial charge in [-0.2, -0.15) is 0 Å². The van der Waals surface area contributed by atoms with E-state index in [0.717, 1.165) is 5.56 Å². The first-order valence-electron chi connectivity index (χ1n) is 4.75. The molecule has 0 bridgehead atoms. The predicted octanol–water partition coefficient (Wildman–Crippen LogP) is 1.67. The van der Waals surface area contributed by atoms with Crippen molar-refractivity contribution in [3.05, 3.63) is 34.1 Å². The van der Waals surface area contributed by atoms with Crippen LogP contribution in [0.1, 0.15) is 5.56 Å². The van der Waals surface area contributed by atoms with Crippen LogP contribution in [0.3, 0.4) is 0 Å². The second kappa shape index (κ2) is 6.08. The van der Waals surface area contributed by atoms with Gasteiger partial charge >= 0.3 is 0 Å². The van der Waals surface area contributed by atoms with Crippen molar-refractivity contribution in [1.82, 2.24) is 0 Å². The topological polar surface area (TPSA) is 52.3 Å². The highest BCUT2D eigenvalue weighted by Crippen LogP contribution is 2.17. The second-order valence-electron chi connectivity index (χ2n) is 3.45. The predicted molar refractivity (Wildman–Crippen MR) is 62.7 cm³/mol. The molecule has 2 N–H and O–H groups in total. The molecule has 0 amide bonds. The Morgan fingerprint density at radius 2 is 2.31 bits per heavy atom. The molecule has 1 unspecified atom stereocenters. The van der Waals surface area contributed by atoms with E-state index in [0.29, 0.717) is 4.47 Å². The molecule has 88 valence electrons. The number of nitrogens with two attached hydrogens (primary N) is 1. The lowest BCUT2D eigenvalue weighted by Crippen LogP contribution is -2.35. The summed E-state index contributed by atoms with van der Waals surface area (Å²) >= 11 is 3.06. The average molecular weight is 290 g/mol. The number of methoxy groups -OCH3 is 1. The van der Waals surface area contributed by atoms with Crippen LogP contribution in [-0.2, 0) is 16.0 Å². The van der Waals surface area contributed by atoms with E-state index in [9.17, 15) is 9.18 Å². The average Bonchev–Trinajstić information content (AvgIpc) is 2.24. The maximum absolute atomic E-state index is 12.9. The lowest BCUT2D eigenvalue weighted by Gasteiger charge is -2.09. The molecule has 0 aliphatic heterocycles. The molecule has 1 rings (SSSR count). The van der Waals surface area contributed by atoms with Gasteiger partial charge in [0.15, 0.2) is 5.78 Å². The third-order valence-corrected chi connectivity index (χ3v) is 2.73. The summed E-state index contributed by atoms with van der Waals surface area (Å²) in [5.41, 5.74) is 6.31. The maximum atomic E-state index is 12.9. The Hall–Kier alpha value is -0.780. The monoisotopic (exact) mass is 289 g/mol. The highest BCUT2D eigenvalue weighted by molar-refractivity contribution is 9.10. The molecule has 16 heavy (non-hydrogen) atoms. The summed E-state index contributed by atoms with van der Waals surface area (Å²) in [4.78, 5) is 11.6. The fourth-order valence-corrected chi connectivity index (χ4v) is 1.68. The van der Waals surface area contributed by atoms with Crippen LogP contribution in [0.4, 0.5) is 4.39 Å². The van der Waals surface area contributed by atoms with Gasteiger partial charge in [0.1, 0.15) is 5.82 Å². The molecule has 0 saturated carbocycles. The van der Waals surface area contributed by atoms with Crippen LogP contribution in [-0.4, -0.2) is 25.5 Å². The first kappa shape index (κ1) is 13.3. The quantitative estimate of drug-likeness (QED) is 0.897. The van der Waals surface area contributed by atoms with Gasteiger partial charge in [-0.05, 0) is 33.6 Å². The van der Waals surface area contributed by atoms with Crippen molar-refractivity contribution < 1.29 is 13.9 Å². The smallest absolute Gasteiger partial charge is 0.156 e. The summed E-state index contributed by atoms with van der Waals surface area (Å²) < 4.78 is 18.1. The molecule has 0 fully saturated rings. The van der Waals surface area contributed by atoms with E-state index >= 15 is 0 Å². The number of halogens is 2. The number of ether oxygens (including phenoxy) is 1. The molecule has 0 aromatic heterocycles. The Balaban J connectivity index is 2.66. The maximum Gasteiger partial charge on any atom is 0.156 e. The van der Waals surface area contributed by atoms with Crippen LogP contribution in [0, 0.1) is 5.82 Å². The van der Waals surface area contributed by atoms with Crippen LogP contribution in [0.25, 0.3) is 0 Å². The van der Waals surface area contributed by atoms with Crippen LogP contribution < -0.4 is 5.73 Å². The van der Waals surface area contributed by atoms with Crippen molar-refractivity contribution in [2.75, 3.05) is 13.7 Å². The molecule has 3 nitrogen and oxygen atoms in total. The zero-order valence-corrected chi connectivity index (χ0v) is 10.5. The van der Waals surface area contributed by atoms with E-state index in [2.05, 4.69) is 15.9 Å². The standard InChI is InChI=1S/C11H13BrFNO2/c1-16-6-10(14)11(15)5-7-2-3-9(13)8(12)4-7/h2-4,10H,5-6,14H2,1H3. The van der Waals surface area contributed by atoms with Crippen molar-refractivity contribution >= 4 is 21.7 Å². The van der Waals surface area contributed by atoms with E-state index in [4.69, 9.17) is 10.5 Å². The van der Waals surface area contributed by atoms with E-state index in [1.165, 1.54) is 13.2 Å². The molecule has 0 spiro atoms. The van der Waals surface area contributed by atoms with Gasteiger partial charge in [-0.15, -0.1) is 0 Å². The summed E-state index contributed by atoms with van der Waals surface area (Å²) in [7, 11) is 1.49. The third-order valence-electron chi connectivity index (χ3n) is 2.12. The minimum Gasteiger partial charge on any atom is -0.383 e. The third kappa shape index (κ3) is 3.66. The van der Waals surface area contributed by atoms with E-state index < -0.39 is 6.04 Å². The number of rotatable bonds is 5. The molecule has 0 aliphatic carbocycles. The molecule has 0 saturated heterocycles. The zero-order chi connectivity index (χ0) is 12.1. The number of benzene rings is 1. The number of hydrogen-bond acceptors (Lipinski definition) is 3. The minimum atomic E-state index is -0.631.